The number of carbonyl (C=O) groups excluding carboxylic acids is 1. The average Bonchev–Trinajstić information content (AvgIpc) is 2.96. The van der Waals surface area contributed by atoms with Gasteiger partial charge >= 0.3 is 0 Å². The van der Waals surface area contributed by atoms with Crippen molar-refractivity contribution in [2.45, 2.75) is 20.8 Å². The fourth-order valence-electron chi connectivity index (χ4n) is 2.12. The Balaban J connectivity index is 1.75. The lowest BCUT2D eigenvalue weighted by Crippen LogP contribution is -2.14. The molecular weight excluding hydrogens is 306 g/mol. The molecule has 0 bridgehead atoms. The van der Waals surface area contributed by atoms with Crippen LogP contribution in [0.3, 0.4) is 0 Å². The van der Waals surface area contributed by atoms with Gasteiger partial charge in [-0.15, -0.1) is 0 Å². The summed E-state index contributed by atoms with van der Waals surface area (Å²) < 4.78 is 4.91. The van der Waals surface area contributed by atoms with E-state index in [-0.39, 0.29) is 11.6 Å². The van der Waals surface area contributed by atoms with Gasteiger partial charge in [0.2, 0.25) is 0 Å². The Bertz CT molecular complexity index is 888. The number of anilines is 3. The summed E-state index contributed by atoms with van der Waals surface area (Å²) in [4.78, 5) is 20.4. The highest BCUT2D eigenvalue weighted by Crippen LogP contribution is 2.18. The predicted molar refractivity (Wildman–Crippen MR) is 90.4 cm³/mol. The van der Waals surface area contributed by atoms with Crippen LogP contribution in [0.5, 0.6) is 0 Å². The van der Waals surface area contributed by atoms with Gasteiger partial charge in [0.15, 0.2) is 5.82 Å². The molecule has 7 heteroatoms. The molecule has 0 atom stereocenters. The molecule has 24 heavy (non-hydrogen) atoms. The van der Waals surface area contributed by atoms with Crippen LogP contribution < -0.4 is 10.6 Å². The van der Waals surface area contributed by atoms with E-state index in [1.54, 1.807) is 19.1 Å². The Morgan fingerprint density at radius 2 is 1.83 bits per heavy atom. The zero-order valence-corrected chi connectivity index (χ0v) is 13.6. The van der Waals surface area contributed by atoms with Gasteiger partial charge in [-0.3, -0.25) is 4.79 Å². The first kappa shape index (κ1) is 15.7. The molecule has 0 aliphatic heterocycles. The maximum absolute atomic E-state index is 12.2. The van der Waals surface area contributed by atoms with Crippen LogP contribution in [0.15, 0.2) is 41.2 Å². The third kappa shape index (κ3) is 3.57. The van der Waals surface area contributed by atoms with E-state index in [9.17, 15) is 4.79 Å². The summed E-state index contributed by atoms with van der Waals surface area (Å²) in [6.07, 6.45) is 1.34. The molecule has 1 amide bonds. The van der Waals surface area contributed by atoms with Crippen LogP contribution in [-0.4, -0.2) is 21.0 Å². The molecule has 0 fully saturated rings. The Morgan fingerprint density at radius 1 is 1.00 bits per heavy atom. The number of amides is 1. The first-order valence-corrected chi connectivity index (χ1v) is 7.42. The molecule has 0 aliphatic carbocycles. The van der Waals surface area contributed by atoms with Gasteiger partial charge in [-0.25, -0.2) is 9.97 Å². The van der Waals surface area contributed by atoms with Crippen LogP contribution in [0.2, 0.25) is 0 Å². The van der Waals surface area contributed by atoms with Crippen molar-refractivity contribution < 1.29 is 9.32 Å². The lowest BCUT2D eigenvalue weighted by atomic mass is 10.1. The number of benzene rings is 1. The summed E-state index contributed by atoms with van der Waals surface area (Å²) in [7, 11) is 0. The van der Waals surface area contributed by atoms with Crippen LogP contribution in [0.1, 0.15) is 27.4 Å². The number of carbonyl (C=O) groups is 1. The number of hydrogen-bond donors (Lipinski definition) is 2. The molecule has 122 valence electrons. The molecule has 3 aromatic rings. The van der Waals surface area contributed by atoms with Gasteiger partial charge in [-0.1, -0.05) is 11.2 Å². The van der Waals surface area contributed by atoms with Crippen LogP contribution >= 0.6 is 0 Å². The average molecular weight is 323 g/mol. The van der Waals surface area contributed by atoms with E-state index >= 15 is 0 Å². The third-order valence-corrected chi connectivity index (χ3v) is 3.55. The number of rotatable bonds is 4. The second-order valence-electron chi connectivity index (χ2n) is 5.49. The van der Waals surface area contributed by atoms with Gasteiger partial charge in [-0.05, 0) is 44.0 Å². The summed E-state index contributed by atoms with van der Waals surface area (Å²) in [5.74, 6) is 1.12. The highest BCUT2D eigenvalue weighted by molar-refractivity contribution is 6.02. The molecule has 2 heterocycles. The molecule has 0 radical (unpaired) electrons. The Kier molecular flexibility index (Phi) is 4.24. The summed E-state index contributed by atoms with van der Waals surface area (Å²) in [5.41, 5.74) is 3.52. The van der Waals surface area contributed by atoms with Gasteiger partial charge < -0.3 is 15.2 Å². The van der Waals surface area contributed by atoms with E-state index in [2.05, 4.69) is 32.7 Å². The zero-order chi connectivity index (χ0) is 17.1. The minimum Gasteiger partial charge on any atom is -0.360 e. The van der Waals surface area contributed by atoms with Crippen LogP contribution in [0.25, 0.3) is 0 Å². The molecule has 1 aromatic carbocycles. The van der Waals surface area contributed by atoms with E-state index in [0.717, 1.165) is 5.69 Å². The minimum absolute atomic E-state index is 0.233. The summed E-state index contributed by atoms with van der Waals surface area (Å²) in [6, 6.07) is 9.22. The number of aryl methyl sites for hydroxylation is 3. The van der Waals surface area contributed by atoms with Gasteiger partial charge in [-0.2, -0.15) is 0 Å². The van der Waals surface area contributed by atoms with Gasteiger partial charge in [0, 0.05) is 17.8 Å². The lowest BCUT2D eigenvalue weighted by Gasteiger charge is -2.08. The molecule has 0 saturated carbocycles. The normalized spacial score (nSPS) is 10.5. The fraction of sp³-hybridized carbons (Fsp3) is 0.176. The van der Waals surface area contributed by atoms with Crippen LogP contribution in [0.4, 0.5) is 17.3 Å². The van der Waals surface area contributed by atoms with E-state index in [1.807, 2.05) is 25.1 Å². The molecule has 0 spiro atoms. The first-order chi connectivity index (χ1) is 11.5. The molecule has 7 nitrogen and oxygen atoms in total. The van der Waals surface area contributed by atoms with E-state index in [0.29, 0.717) is 17.4 Å². The molecule has 2 N–H and O–H groups in total. The van der Waals surface area contributed by atoms with E-state index in [4.69, 9.17) is 4.52 Å². The van der Waals surface area contributed by atoms with Crippen molar-refractivity contribution in [3.05, 3.63) is 59.2 Å². The highest BCUT2D eigenvalue weighted by atomic mass is 16.5. The highest BCUT2D eigenvalue weighted by Gasteiger charge is 2.11. The van der Waals surface area contributed by atoms with Crippen molar-refractivity contribution in [2.24, 2.45) is 0 Å². The lowest BCUT2D eigenvalue weighted by molar-refractivity contribution is 0.102. The number of nitrogens with one attached hydrogen (secondary N) is 2. The van der Waals surface area contributed by atoms with E-state index in [1.165, 1.54) is 17.5 Å². The van der Waals surface area contributed by atoms with Crippen molar-refractivity contribution >= 4 is 23.2 Å². The van der Waals surface area contributed by atoms with Crippen molar-refractivity contribution in [3.8, 4) is 0 Å². The number of hydrogen-bond acceptors (Lipinski definition) is 6. The standard InChI is InChI=1S/C17H17N5O2/c1-10-4-5-13(6-11(10)2)20-15-8-14(18-9-19-15)17(23)21-16-7-12(3)24-22-16/h4-9H,1-3H3,(H,18,19,20)(H,21,22,23). The summed E-state index contributed by atoms with van der Waals surface area (Å²) in [5, 5.41) is 9.52. The Morgan fingerprint density at radius 3 is 2.54 bits per heavy atom. The maximum atomic E-state index is 12.2. The smallest absolute Gasteiger partial charge is 0.275 e. The second kappa shape index (κ2) is 6.49. The van der Waals surface area contributed by atoms with Gasteiger partial charge in [0.05, 0.1) is 0 Å². The van der Waals surface area contributed by atoms with E-state index < -0.39 is 0 Å². The second-order valence-corrected chi connectivity index (χ2v) is 5.49. The van der Waals surface area contributed by atoms with Gasteiger partial charge in [0.25, 0.3) is 5.91 Å². The first-order valence-electron chi connectivity index (χ1n) is 7.42. The predicted octanol–water partition coefficient (Wildman–Crippen LogP) is 3.39. The molecule has 0 aliphatic rings. The van der Waals surface area contributed by atoms with Crippen LogP contribution in [0, 0.1) is 20.8 Å². The van der Waals surface area contributed by atoms with Crippen molar-refractivity contribution in [2.75, 3.05) is 10.6 Å². The largest absolute Gasteiger partial charge is 0.360 e. The van der Waals surface area contributed by atoms with Gasteiger partial charge in [0.1, 0.15) is 23.6 Å². The zero-order valence-electron chi connectivity index (χ0n) is 13.6. The van der Waals surface area contributed by atoms with Crippen LogP contribution in [-0.2, 0) is 0 Å². The summed E-state index contributed by atoms with van der Waals surface area (Å²) in [6.45, 7) is 5.84. The quantitative estimate of drug-likeness (QED) is 0.764. The number of aromatic nitrogens is 3. The van der Waals surface area contributed by atoms with Crippen molar-refractivity contribution in [1.82, 2.24) is 15.1 Å². The Labute approximate surface area is 139 Å². The van der Waals surface area contributed by atoms with Crippen molar-refractivity contribution in [3.63, 3.8) is 0 Å². The summed E-state index contributed by atoms with van der Waals surface area (Å²) >= 11 is 0. The molecule has 2 aromatic heterocycles. The monoisotopic (exact) mass is 323 g/mol. The topological polar surface area (TPSA) is 92.9 Å². The third-order valence-electron chi connectivity index (χ3n) is 3.55. The minimum atomic E-state index is -0.381. The fourth-order valence-corrected chi connectivity index (χ4v) is 2.12. The maximum Gasteiger partial charge on any atom is 0.275 e. The van der Waals surface area contributed by atoms with Crippen molar-refractivity contribution in [1.29, 1.82) is 0 Å². The molecular formula is C17H17N5O2. The number of nitrogens with zero attached hydrogens (tertiary/aromatic N) is 3. The molecule has 0 saturated heterocycles. The Hall–Kier alpha value is -3.22. The molecule has 3 rings (SSSR count). The SMILES string of the molecule is Cc1cc(NC(=O)c2cc(Nc3ccc(C)c(C)c3)ncn2)no1. The molecule has 0 unspecified atom stereocenters.